The molecule has 1 aromatic rings. The fourth-order valence-electron chi connectivity index (χ4n) is 2.34. The molecule has 7 heteroatoms. The molecule has 3 rings (SSSR count). The summed E-state index contributed by atoms with van der Waals surface area (Å²) in [6.07, 6.45) is 0. The average molecular weight is 296 g/mol. The number of nitrogens with one attached hydrogen (secondary N) is 1. The number of halogens is 2. The predicted octanol–water partition coefficient (Wildman–Crippen LogP) is 1.58. The van der Waals surface area contributed by atoms with E-state index in [1.165, 1.54) is 0 Å². The van der Waals surface area contributed by atoms with Crippen LogP contribution in [0.15, 0.2) is 33.8 Å². The Balaban J connectivity index is 2.33. The number of thioether (sulfide) groups is 1. The second-order valence-corrected chi connectivity index (χ2v) is 5.32. The zero-order valence-electron chi connectivity index (χ0n) is 10.2. The van der Waals surface area contributed by atoms with Gasteiger partial charge in [0.05, 0.1) is 5.56 Å². The summed E-state index contributed by atoms with van der Waals surface area (Å²) < 4.78 is 26.7. The number of aliphatic carboxylic acids is 1. The normalized spacial score (nSPS) is 20.6. The predicted molar refractivity (Wildman–Crippen MR) is 67.3 cm³/mol. The molecule has 0 spiro atoms. The molecule has 102 valence electrons. The minimum Gasteiger partial charge on any atom is -0.477 e. The largest absolute Gasteiger partial charge is 0.477 e. The zero-order valence-corrected chi connectivity index (χ0v) is 11.0. The van der Waals surface area contributed by atoms with E-state index in [4.69, 9.17) is 0 Å². The Morgan fingerprint density at radius 2 is 1.95 bits per heavy atom. The highest BCUT2D eigenvalue weighted by atomic mass is 32.2. The van der Waals surface area contributed by atoms with Crippen molar-refractivity contribution in [3.63, 3.8) is 0 Å². The first-order valence-corrected chi connectivity index (χ1v) is 6.52. The van der Waals surface area contributed by atoms with E-state index < -0.39 is 29.0 Å². The molecular formula is C13H8F2NO3S+. The molecule has 2 N–H and O–H groups in total. The van der Waals surface area contributed by atoms with Gasteiger partial charge in [-0.1, -0.05) is 0 Å². The van der Waals surface area contributed by atoms with E-state index in [0.717, 1.165) is 29.6 Å². The topological polar surface area (TPSA) is 58.8 Å². The van der Waals surface area contributed by atoms with E-state index in [1.807, 2.05) is 0 Å². The second-order valence-electron chi connectivity index (χ2n) is 4.44. The van der Waals surface area contributed by atoms with Crippen molar-refractivity contribution in [2.45, 2.75) is 6.92 Å². The molecule has 0 radical (unpaired) electrons. The van der Waals surface area contributed by atoms with Gasteiger partial charge in [-0.05, 0) is 17.8 Å². The van der Waals surface area contributed by atoms with Crippen molar-refractivity contribution >= 4 is 29.2 Å². The molecule has 0 aromatic heterocycles. The van der Waals surface area contributed by atoms with Crippen molar-refractivity contribution in [1.29, 1.82) is 0 Å². The maximum atomic E-state index is 13.4. The lowest BCUT2D eigenvalue weighted by molar-refractivity contribution is -0.734. The van der Waals surface area contributed by atoms with Gasteiger partial charge in [0.1, 0.15) is 5.70 Å². The highest BCUT2D eigenvalue weighted by Gasteiger charge is 2.44. The van der Waals surface area contributed by atoms with E-state index in [2.05, 4.69) is 0 Å². The lowest BCUT2D eigenvalue weighted by atomic mass is 9.97. The fourth-order valence-corrected chi connectivity index (χ4v) is 3.44. The number of carbonyl (C=O) groups excluding carboxylic acids is 1. The molecule has 2 aliphatic rings. The van der Waals surface area contributed by atoms with E-state index >= 15 is 0 Å². The summed E-state index contributed by atoms with van der Waals surface area (Å²) in [6.45, 7) is 1.73. The molecule has 2 aliphatic heterocycles. The number of carboxylic acids is 1. The lowest BCUT2D eigenvalue weighted by Crippen LogP contribution is -3.02. The zero-order chi connectivity index (χ0) is 14.6. The van der Waals surface area contributed by atoms with Crippen LogP contribution in [-0.2, 0) is 4.79 Å². The number of ketones is 1. The van der Waals surface area contributed by atoms with Crippen LogP contribution in [0.3, 0.4) is 0 Å². The van der Waals surface area contributed by atoms with Gasteiger partial charge in [-0.2, -0.15) is 0 Å². The average Bonchev–Trinajstić information content (AvgIpc) is 2.74. The standard InChI is InChI=1S/C13H7F2NO3S/c1-5-4-20-12-10(13(18)19)11(17)6-2-7(14)8(15)3-9(6)16(5)12/h2-4H,1H3,(H,18,19)/p+1. The third-order valence-corrected chi connectivity index (χ3v) is 4.33. The maximum Gasteiger partial charge on any atom is 0.346 e. The SMILES string of the molecule is CC1=CSC2=C(C(=O)O)C(=O)c3cc(F)c(F)cc3[NH+]12. The number of allylic oxidation sites excluding steroid dienone is 1. The van der Waals surface area contributed by atoms with Crippen molar-refractivity contribution in [1.82, 2.24) is 0 Å². The van der Waals surface area contributed by atoms with Crippen LogP contribution in [0.4, 0.5) is 14.5 Å². The molecule has 1 unspecified atom stereocenters. The number of carboxylic acid groups (broad SMARTS) is 1. The molecule has 1 atom stereocenters. The Morgan fingerprint density at radius 1 is 1.30 bits per heavy atom. The summed E-state index contributed by atoms with van der Waals surface area (Å²) in [5.41, 5.74) is 0.461. The van der Waals surface area contributed by atoms with E-state index in [1.54, 1.807) is 12.3 Å². The van der Waals surface area contributed by atoms with Crippen molar-refractivity contribution in [2.75, 3.05) is 0 Å². The second kappa shape index (κ2) is 4.26. The van der Waals surface area contributed by atoms with Crippen LogP contribution >= 0.6 is 11.8 Å². The smallest absolute Gasteiger partial charge is 0.346 e. The van der Waals surface area contributed by atoms with Crippen LogP contribution in [-0.4, -0.2) is 16.9 Å². The molecule has 0 aliphatic carbocycles. The Bertz CT molecular complexity index is 739. The molecule has 0 bridgehead atoms. The third kappa shape index (κ3) is 1.63. The van der Waals surface area contributed by atoms with Gasteiger partial charge in [0.2, 0.25) is 5.78 Å². The number of fused-ring (bicyclic) bond motifs is 3. The number of quaternary nitrogens is 1. The van der Waals surface area contributed by atoms with Crippen molar-refractivity contribution in [2.24, 2.45) is 0 Å². The van der Waals surface area contributed by atoms with Gasteiger partial charge in [0.25, 0.3) is 0 Å². The quantitative estimate of drug-likeness (QED) is 0.773. The van der Waals surface area contributed by atoms with Crippen molar-refractivity contribution in [3.05, 3.63) is 51.0 Å². The van der Waals surface area contributed by atoms with Crippen LogP contribution in [0.2, 0.25) is 0 Å². The first-order chi connectivity index (χ1) is 9.41. The van der Waals surface area contributed by atoms with Gasteiger partial charge < -0.3 is 5.11 Å². The van der Waals surface area contributed by atoms with Crippen molar-refractivity contribution in [3.8, 4) is 0 Å². The van der Waals surface area contributed by atoms with Gasteiger partial charge in [-0.3, -0.25) is 4.79 Å². The molecule has 0 amide bonds. The molecule has 20 heavy (non-hydrogen) atoms. The number of hydrogen-bond acceptors (Lipinski definition) is 3. The van der Waals surface area contributed by atoms with E-state index in [-0.39, 0.29) is 11.3 Å². The Morgan fingerprint density at radius 3 is 2.60 bits per heavy atom. The summed E-state index contributed by atoms with van der Waals surface area (Å²) in [4.78, 5) is 24.0. The monoisotopic (exact) mass is 296 g/mol. The van der Waals surface area contributed by atoms with Gasteiger partial charge in [0, 0.05) is 18.4 Å². The van der Waals surface area contributed by atoms with Crippen LogP contribution in [0.5, 0.6) is 0 Å². The Labute approximate surface area is 116 Å². The molecule has 0 fully saturated rings. The van der Waals surface area contributed by atoms with Crippen LogP contribution in [0.1, 0.15) is 17.3 Å². The number of hydrogen-bond donors (Lipinski definition) is 2. The number of carbonyl (C=O) groups is 2. The lowest BCUT2D eigenvalue weighted by Gasteiger charge is -2.23. The molecule has 0 saturated heterocycles. The summed E-state index contributed by atoms with van der Waals surface area (Å²) in [7, 11) is 0. The maximum absolute atomic E-state index is 13.4. The molecule has 2 heterocycles. The first-order valence-electron chi connectivity index (χ1n) is 5.64. The van der Waals surface area contributed by atoms with E-state index in [9.17, 15) is 23.5 Å². The van der Waals surface area contributed by atoms with Gasteiger partial charge in [0.15, 0.2) is 27.9 Å². The molecule has 1 aromatic carbocycles. The summed E-state index contributed by atoms with van der Waals surface area (Å²) >= 11 is 1.11. The van der Waals surface area contributed by atoms with Crippen LogP contribution in [0.25, 0.3) is 0 Å². The minimum atomic E-state index is -1.37. The van der Waals surface area contributed by atoms with E-state index in [0.29, 0.717) is 9.93 Å². The summed E-state index contributed by atoms with van der Waals surface area (Å²) in [6, 6.07) is 1.70. The summed E-state index contributed by atoms with van der Waals surface area (Å²) in [5.74, 6) is -4.39. The Kier molecular flexibility index (Phi) is 2.77. The fraction of sp³-hybridized carbons (Fsp3) is 0.0769. The van der Waals surface area contributed by atoms with Gasteiger partial charge >= 0.3 is 5.97 Å². The Hall–Kier alpha value is -1.99. The van der Waals surface area contributed by atoms with Crippen LogP contribution in [0, 0.1) is 11.6 Å². The highest BCUT2D eigenvalue weighted by molar-refractivity contribution is 8.05. The highest BCUT2D eigenvalue weighted by Crippen LogP contribution is 2.34. The molecular weight excluding hydrogens is 288 g/mol. The number of Topliss-reactive ketones (excluding diaryl/α,β-unsaturated/α-hetero) is 1. The third-order valence-electron chi connectivity index (χ3n) is 3.22. The van der Waals surface area contributed by atoms with Gasteiger partial charge in [-0.25, -0.2) is 18.5 Å². The van der Waals surface area contributed by atoms with Gasteiger partial charge in [-0.15, -0.1) is 0 Å². The minimum absolute atomic E-state index is 0.115. The number of rotatable bonds is 1. The number of benzene rings is 1. The molecule has 0 saturated carbocycles. The van der Waals surface area contributed by atoms with Crippen LogP contribution < -0.4 is 4.90 Å². The summed E-state index contributed by atoms with van der Waals surface area (Å²) in [5, 5.41) is 11.2. The first kappa shape index (κ1) is 13.0. The molecule has 4 nitrogen and oxygen atoms in total. The van der Waals surface area contributed by atoms with Crippen molar-refractivity contribution < 1.29 is 28.4 Å².